The van der Waals surface area contributed by atoms with Gasteiger partial charge in [0.2, 0.25) is 5.91 Å². The van der Waals surface area contributed by atoms with Crippen LogP contribution in [0.4, 0.5) is 26.3 Å². The number of benzene rings is 2. The molecule has 1 aliphatic rings. The van der Waals surface area contributed by atoms with Gasteiger partial charge < -0.3 is 10.1 Å². The molecule has 1 aromatic heterocycles. The van der Waals surface area contributed by atoms with Crippen LogP contribution in [-0.4, -0.2) is 22.1 Å². The minimum Gasteiger partial charge on any atom is -0.406 e. The minimum atomic E-state index is -4.90. The van der Waals surface area contributed by atoms with Gasteiger partial charge in [-0.05, 0) is 73.2 Å². The summed E-state index contributed by atoms with van der Waals surface area (Å²) >= 11 is 0. The van der Waals surface area contributed by atoms with Gasteiger partial charge in [-0.3, -0.25) is 4.79 Å². The number of hydrogen-bond donors (Lipinski definition) is 1. The maximum absolute atomic E-state index is 13.3. The van der Waals surface area contributed by atoms with E-state index in [2.05, 4.69) is 15.2 Å². The van der Waals surface area contributed by atoms with Crippen molar-refractivity contribution in [2.75, 3.05) is 0 Å². The lowest BCUT2D eigenvalue weighted by Gasteiger charge is -2.15. The second-order valence-electron chi connectivity index (χ2n) is 8.29. The SMILES string of the molecule is CC(C(=O)NCc1cc(C(F)(F)F)nn1-c1ccc(OC(F)(F)F)cc1)c1ccc2c(c1)CCC2. The number of aryl methyl sites for hydroxylation is 2. The van der Waals surface area contributed by atoms with Gasteiger partial charge in [-0.1, -0.05) is 18.2 Å². The number of halogens is 6. The predicted molar refractivity (Wildman–Crippen MR) is 114 cm³/mol. The third-order valence-corrected chi connectivity index (χ3v) is 5.85. The van der Waals surface area contributed by atoms with Gasteiger partial charge in [0.1, 0.15) is 5.75 Å². The predicted octanol–water partition coefficient (Wildman–Crippen LogP) is 5.70. The van der Waals surface area contributed by atoms with E-state index in [1.54, 1.807) is 6.92 Å². The van der Waals surface area contributed by atoms with Crippen molar-refractivity contribution in [3.8, 4) is 11.4 Å². The van der Waals surface area contributed by atoms with Crippen molar-refractivity contribution in [3.05, 3.63) is 76.6 Å². The molecule has 4 rings (SSSR count). The van der Waals surface area contributed by atoms with Crippen molar-refractivity contribution >= 4 is 5.91 Å². The fourth-order valence-corrected chi connectivity index (χ4v) is 4.04. The van der Waals surface area contributed by atoms with E-state index in [4.69, 9.17) is 0 Å². The average molecular weight is 497 g/mol. The fourth-order valence-electron chi connectivity index (χ4n) is 4.04. The maximum atomic E-state index is 13.3. The number of carbonyl (C=O) groups excluding carboxylic acids is 1. The molecule has 1 amide bonds. The Kier molecular flexibility index (Phi) is 6.52. The van der Waals surface area contributed by atoms with Crippen LogP contribution >= 0.6 is 0 Å². The van der Waals surface area contributed by atoms with Crippen molar-refractivity contribution in [2.45, 2.75) is 51.2 Å². The summed E-state index contributed by atoms with van der Waals surface area (Å²) in [6.45, 7) is 1.45. The van der Waals surface area contributed by atoms with Crippen LogP contribution in [0.2, 0.25) is 0 Å². The van der Waals surface area contributed by atoms with E-state index < -0.39 is 29.9 Å². The highest BCUT2D eigenvalue weighted by atomic mass is 19.4. The lowest BCUT2D eigenvalue weighted by molar-refractivity contribution is -0.274. The number of alkyl halides is 6. The third kappa shape index (κ3) is 5.77. The molecule has 35 heavy (non-hydrogen) atoms. The third-order valence-electron chi connectivity index (χ3n) is 5.85. The molecule has 2 aromatic carbocycles. The topological polar surface area (TPSA) is 56.2 Å². The molecule has 1 N–H and O–H groups in total. The zero-order valence-electron chi connectivity index (χ0n) is 18.5. The number of nitrogens with one attached hydrogen (secondary N) is 1. The molecule has 5 nitrogen and oxygen atoms in total. The van der Waals surface area contributed by atoms with E-state index in [9.17, 15) is 31.1 Å². The monoisotopic (exact) mass is 497 g/mol. The van der Waals surface area contributed by atoms with Crippen molar-refractivity contribution < 1.29 is 35.9 Å². The zero-order valence-corrected chi connectivity index (χ0v) is 18.5. The molecule has 0 spiro atoms. The number of carbonyl (C=O) groups is 1. The molecule has 1 aliphatic carbocycles. The van der Waals surface area contributed by atoms with E-state index in [1.807, 2.05) is 18.2 Å². The normalized spacial score (nSPS) is 14.5. The van der Waals surface area contributed by atoms with Crippen LogP contribution in [0, 0.1) is 0 Å². The number of nitrogens with zero attached hydrogens (tertiary/aromatic N) is 2. The Hall–Kier alpha value is -3.50. The van der Waals surface area contributed by atoms with E-state index >= 15 is 0 Å². The molecule has 1 atom stereocenters. The van der Waals surface area contributed by atoms with Crippen molar-refractivity contribution in [1.82, 2.24) is 15.1 Å². The number of fused-ring (bicyclic) bond motifs is 1. The Morgan fingerprint density at radius 1 is 1.03 bits per heavy atom. The standard InChI is InChI=1S/C24H21F6N3O2/c1-14(16-6-5-15-3-2-4-17(15)11-16)22(34)31-13-19-12-21(23(25,26)27)32-33(19)18-7-9-20(10-8-18)35-24(28,29)30/h5-12,14H,2-4,13H2,1H3,(H,31,34). The summed E-state index contributed by atoms with van der Waals surface area (Å²) in [5.41, 5.74) is 2.17. The molecule has 0 radical (unpaired) electrons. The smallest absolute Gasteiger partial charge is 0.406 e. The summed E-state index contributed by atoms with van der Waals surface area (Å²) in [6.07, 6.45) is -6.63. The minimum absolute atomic E-state index is 0.0105. The molecule has 0 saturated carbocycles. The number of ether oxygens (including phenoxy) is 1. The molecular weight excluding hydrogens is 476 g/mol. The number of hydrogen-bond acceptors (Lipinski definition) is 3. The van der Waals surface area contributed by atoms with Gasteiger partial charge in [-0.2, -0.15) is 18.3 Å². The Bertz CT molecular complexity index is 1220. The first-order valence-electron chi connectivity index (χ1n) is 10.8. The van der Waals surface area contributed by atoms with Crippen molar-refractivity contribution in [3.63, 3.8) is 0 Å². The highest BCUT2D eigenvalue weighted by Gasteiger charge is 2.35. The summed E-state index contributed by atoms with van der Waals surface area (Å²) in [4.78, 5) is 12.8. The van der Waals surface area contributed by atoms with Crippen LogP contribution in [0.25, 0.3) is 5.69 Å². The van der Waals surface area contributed by atoms with E-state index in [0.29, 0.717) is 0 Å². The molecule has 0 fully saturated rings. The number of rotatable bonds is 6. The maximum Gasteiger partial charge on any atom is 0.573 e. The number of amides is 1. The molecule has 0 bridgehead atoms. The van der Waals surface area contributed by atoms with Gasteiger partial charge in [-0.15, -0.1) is 13.2 Å². The first-order chi connectivity index (χ1) is 16.4. The summed E-state index contributed by atoms with van der Waals surface area (Å²) in [5.74, 6) is -1.43. The Labute approximate surface area is 196 Å². The van der Waals surface area contributed by atoms with E-state index in [-0.39, 0.29) is 23.8 Å². The Balaban J connectivity index is 1.53. The van der Waals surface area contributed by atoms with Crippen LogP contribution in [0.15, 0.2) is 48.5 Å². The summed E-state index contributed by atoms with van der Waals surface area (Å²) < 4.78 is 81.8. The van der Waals surface area contributed by atoms with Crippen LogP contribution in [-0.2, 0) is 30.4 Å². The van der Waals surface area contributed by atoms with Gasteiger partial charge in [0, 0.05) is 0 Å². The zero-order chi connectivity index (χ0) is 25.4. The highest BCUT2D eigenvalue weighted by Crippen LogP contribution is 2.31. The Morgan fingerprint density at radius 2 is 1.71 bits per heavy atom. The molecule has 1 heterocycles. The average Bonchev–Trinajstić information content (AvgIpc) is 3.43. The Morgan fingerprint density at radius 3 is 2.37 bits per heavy atom. The molecule has 0 saturated heterocycles. The second kappa shape index (κ2) is 9.27. The lowest BCUT2D eigenvalue weighted by atomic mass is 9.96. The molecule has 3 aromatic rings. The largest absolute Gasteiger partial charge is 0.573 e. The molecular formula is C24H21F6N3O2. The lowest BCUT2D eigenvalue weighted by Crippen LogP contribution is -2.28. The van der Waals surface area contributed by atoms with E-state index in [1.165, 1.54) is 11.1 Å². The first kappa shape index (κ1) is 24.6. The van der Waals surface area contributed by atoms with E-state index in [0.717, 1.165) is 59.8 Å². The molecule has 11 heteroatoms. The van der Waals surface area contributed by atoms with Crippen LogP contribution in [0.1, 0.15) is 47.3 Å². The van der Waals surface area contributed by atoms with Crippen molar-refractivity contribution in [2.24, 2.45) is 0 Å². The van der Waals surface area contributed by atoms with Gasteiger partial charge in [0.15, 0.2) is 5.69 Å². The first-order valence-corrected chi connectivity index (χ1v) is 10.8. The van der Waals surface area contributed by atoms with Crippen LogP contribution in [0.5, 0.6) is 5.75 Å². The quantitative estimate of drug-likeness (QED) is 0.445. The molecule has 1 unspecified atom stereocenters. The van der Waals surface area contributed by atoms with Crippen molar-refractivity contribution in [1.29, 1.82) is 0 Å². The van der Waals surface area contributed by atoms with Crippen LogP contribution < -0.4 is 10.1 Å². The van der Waals surface area contributed by atoms with Gasteiger partial charge in [-0.25, -0.2) is 4.68 Å². The summed E-state index contributed by atoms with van der Waals surface area (Å²) in [7, 11) is 0. The van der Waals surface area contributed by atoms with Gasteiger partial charge in [0.25, 0.3) is 0 Å². The fraction of sp³-hybridized carbons (Fsp3) is 0.333. The van der Waals surface area contributed by atoms with Gasteiger partial charge in [0.05, 0.1) is 23.8 Å². The van der Waals surface area contributed by atoms with Gasteiger partial charge >= 0.3 is 12.5 Å². The summed E-state index contributed by atoms with van der Waals surface area (Å²) in [6, 6.07) is 10.9. The highest BCUT2D eigenvalue weighted by molar-refractivity contribution is 5.83. The molecule has 186 valence electrons. The second-order valence-corrected chi connectivity index (χ2v) is 8.29. The number of aromatic nitrogens is 2. The summed E-state index contributed by atoms with van der Waals surface area (Å²) in [5, 5.41) is 6.20. The van der Waals surface area contributed by atoms with Crippen LogP contribution in [0.3, 0.4) is 0 Å². The molecule has 0 aliphatic heterocycles.